The molecule has 0 saturated heterocycles. The van der Waals surface area contributed by atoms with E-state index in [1.165, 1.54) is 274 Å². The van der Waals surface area contributed by atoms with Gasteiger partial charge in [-0.1, -0.05) is 381 Å². The van der Waals surface area contributed by atoms with Crippen LogP contribution in [-0.2, 0) is 13.1 Å². The van der Waals surface area contributed by atoms with E-state index in [9.17, 15) is 0 Å². The molecule has 30 rings (SSSR count). The lowest BCUT2D eigenvalue weighted by atomic mass is 10.0. The first kappa shape index (κ1) is 90.9. The van der Waals surface area contributed by atoms with Gasteiger partial charge in [0.15, 0.2) is 0 Å². The molecule has 6 nitrogen and oxygen atoms in total. The molecule has 148 heavy (non-hydrogen) atoms. The molecule has 24 aromatic carbocycles. The molecule has 6 heterocycles. The van der Waals surface area contributed by atoms with Gasteiger partial charge in [0, 0.05) is 122 Å². The van der Waals surface area contributed by atoms with Gasteiger partial charge >= 0.3 is 0 Å². The van der Waals surface area contributed by atoms with Gasteiger partial charge in [0.1, 0.15) is 0 Å². The molecular formula is C142H110N6. The predicted octanol–water partition coefficient (Wildman–Crippen LogP) is 38.9. The smallest absolute Gasteiger partial charge is 0.0570 e. The molecule has 0 aliphatic heterocycles. The van der Waals surface area contributed by atoms with Crippen LogP contribution in [0.15, 0.2) is 497 Å². The van der Waals surface area contributed by atoms with Crippen LogP contribution >= 0.6 is 0 Å². The molecule has 30 aromatic rings. The van der Waals surface area contributed by atoms with E-state index >= 15 is 0 Å². The van der Waals surface area contributed by atoms with Gasteiger partial charge in [0.2, 0.25) is 0 Å². The molecule has 708 valence electrons. The summed E-state index contributed by atoms with van der Waals surface area (Å²) in [5, 5.41) is 31.8. The van der Waals surface area contributed by atoms with Gasteiger partial charge in [-0.05, 0) is 287 Å². The summed E-state index contributed by atoms with van der Waals surface area (Å²) in [6.45, 7) is 19.4. The Morgan fingerprint density at radius 3 is 0.757 bits per heavy atom. The summed E-state index contributed by atoms with van der Waals surface area (Å²) < 4.78 is 14.4. The van der Waals surface area contributed by atoms with Crippen LogP contribution < -0.4 is 0 Å². The molecule has 0 radical (unpaired) electrons. The average Bonchev–Trinajstić information content (AvgIpc) is 1.59. The predicted molar refractivity (Wildman–Crippen MR) is 638 cm³/mol. The Morgan fingerprint density at radius 2 is 0.385 bits per heavy atom. The summed E-state index contributed by atoms with van der Waals surface area (Å²) in [4.78, 5) is 0. The van der Waals surface area contributed by atoms with Crippen LogP contribution in [0.4, 0.5) is 0 Å². The van der Waals surface area contributed by atoms with Crippen molar-refractivity contribution in [1.82, 2.24) is 27.4 Å². The van der Waals surface area contributed by atoms with Crippen LogP contribution in [-0.4, -0.2) is 27.4 Å². The zero-order valence-corrected chi connectivity index (χ0v) is 84.4. The quantitative estimate of drug-likeness (QED) is 0.145. The fourth-order valence-corrected chi connectivity index (χ4v) is 23.4. The van der Waals surface area contributed by atoms with Crippen LogP contribution in [0.5, 0.6) is 0 Å². The van der Waals surface area contributed by atoms with Crippen molar-refractivity contribution in [3.8, 4) is 45.0 Å². The van der Waals surface area contributed by atoms with Crippen molar-refractivity contribution in [2.24, 2.45) is 0 Å². The van der Waals surface area contributed by atoms with Crippen molar-refractivity contribution in [2.75, 3.05) is 0 Å². The molecule has 0 fully saturated rings. The maximum atomic E-state index is 2.44. The molecule has 0 amide bonds. The summed E-state index contributed by atoms with van der Waals surface area (Å²) in [6.07, 6.45) is 0. The maximum absolute atomic E-state index is 2.44. The number of nitrogens with zero attached hydrogens (tertiary/aromatic N) is 6. The Morgan fingerprint density at radius 1 is 0.142 bits per heavy atom. The van der Waals surface area contributed by atoms with E-state index < -0.39 is 0 Å². The molecule has 0 aliphatic carbocycles. The molecule has 0 spiro atoms. The Balaban J connectivity index is 0.0000000929. The van der Waals surface area contributed by atoms with E-state index in [4.69, 9.17) is 0 Å². The van der Waals surface area contributed by atoms with E-state index in [1.807, 2.05) is 0 Å². The molecule has 6 aromatic heterocycles. The fourth-order valence-electron chi connectivity index (χ4n) is 23.4. The molecule has 0 saturated carbocycles. The first-order valence-corrected chi connectivity index (χ1v) is 51.8. The Hall–Kier alpha value is -18.4. The van der Waals surface area contributed by atoms with E-state index in [2.05, 4.69) is 580 Å². The first-order valence-electron chi connectivity index (χ1n) is 51.8. The van der Waals surface area contributed by atoms with Crippen molar-refractivity contribution in [3.63, 3.8) is 0 Å². The minimum absolute atomic E-state index is 0.997. The highest BCUT2D eigenvalue weighted by atomic mass is 15.0. The minimum atomic E-state index is 0.997. The number of aryl methyl sites for hydroxylation is 8. The van der Waals surface area contributed by atoms with Crippen molar-refractivity contribution in [3.05, 3.63) is 531 Å². The highest BCUT2D eigenvalue weighted by Gasteiger charge is 2.23. The third kappa shape index (κ3) is 16.2. The van der Waals surface area contributed by atoms with Gasteiger partial charge in [-0.2, -0.15) is 0 Å². The zero-order chi connectivity index (χ0) is 99.7. The first-order chi connectivity index (χ1) is 72.8. The van der Waals surface area contributed by atoms with Gasteiger partial charge in [-0.25, -0.2) is 0 Å². The van der Waals surface area contributed by atoms with Crippen LogP contribution in [0, 0.1) is 41.5 Å². The van der Waals surface area contributed by atoms with Crippen molar-refractivity contribution in [2.45, 2.75) is 68.5 Å². The number of fused-ring (bicyclic) bond motifs is 30. The summed E-state index contributed by atoms with van der Waals surface area (Å²) in [6, 6.07) is 180. The number of hydrogen-bond donors (Lipinski definition) is 0. The molecule has 0 bridgehead atoms. The number of rotatable bonds is 8. The largest absolute Gasteiger partial charge is 0.341 e. The average molecular weight is 1900 g/mol. The van der Waals surface area contributed by atoms with Crippen molar-refractivity contribution in [1.29, 1.82) is 0 Å². The van der Waals surface area contributed by atoms with Gasteiger partial charge in [-0.3, -0.25) is 0 Å². The lowest BCUT2D eigenvalue weighted by molar-refractivity contribution is 0.827. The van der Waals surface area contributed by atoms with Crippen LogP contribution in [0.3, 0.4) is 0 Å². The number of aromatic nitrogens is 6. The number of hydrogen-bond acceptors (Lipinski definition) is 0. The maximum Gasteiger partial charge on any atom is 0.0570 e. The summed E-state index contributed by atoms with van der Waals surface area (Å²) in [5.74, 6) is 0. The van der Waals surface area contributed by atoms with Gasteiger partial charge in [0.25, 0.3) is 0 Å². The minimum Gasteiger partial charge on any atom is -0.341 e. The third-order valence-electron chi connectivity index (χ3n) is 30.2. The highest BCUT2D eigenvalue weighted by molar-refractivity contribution is 6.27. The van der Waals surface area contributed by atoms with Crippen LogP contribution in [0.25, 0.3) is 240 Å². The van der Waals surface area contributed by atoms with Crippen molar-refractivity contribution >= 4 is 195 Å². The standard InChI is InChI=1S/2C29H21N.2C23H17N.2C19H17N/c1-20-11-17-27-26(19-20)29-25-10-6-5-9-23(25)14-18-28(29)30(27)24-15-12-22(13-16-24)21-7-3-2-4-8-21;1-20-11-17-26-28(19-20)30(27-18-14-23-9-5-6-10-25(23)29(26)27)24-15-12-22(13-16-24)21-7-3-2-4-8-21;1-16-11-13-21-20(15-16)23-19-10-6-5-7-17(19)12-14-22(23)24(21)18-8-3-2-4-9-18;1-16-11-13-20-22(15-16)24(18-8-3-2-4-9-18)21-14-12-17-7-5-6-10-19(17)23(20)21;1-3-20-17-10-8-13(2)12-16(17)19-15-7-5-4-6-14(15)9-11-18(19)20;1-3-20-18-12-13(2)8-10-16(18)17-11-9-14-6-4-5-7-15(14)19(17)20/h2*2-19H,1H3;2*2-15H,1H3;2*4-12H,3H2,1-2H3. The zero-order valence-electron chi connectivity index (χ0n) is 84.4. The molecule has 0 N–H and O–H groups in total. The topological polar surface area (TPSA) is 29.6 Å². The molecule has 0 atom stereocenters. The molecule has 6 heteroatoms. The van der Waals surface area contributed by atoms with Crippen molar-refractivity contribution < 1.29 is 0 Å². The van der Waals surface area contributed by atoms with Crippen LogP contribution in [0.2, 0.25) is 0 Å². The summed E-state index contributed by atoms with van der Waals surface area (Å²) in [7, 11) is 0. The second kappa shape index (κ2) is 38.4. The lowest BCUT2D eigenvalue weighted by Crippen LogP contribution is -1.94. The van der Waals surface area contributed by atoms with Gasteiger partial charge in [0.05, 0.1) is 49.7 Å². The monoisotopic (exact) mass is 1900 g/mol. The van der Waals surface area contributed by atoms with Crippen LogP contribution in [0.1, 0.15) is 47.2 Å². The molecule has 0 aliphatic rings. The number of para-hydroxylation sites is 2. The summed E-state index contributed by atoms with van der Waals surface area (Å²) in [5.41, 5.74) is 33.0. The lowest BCUT2D eigenvalue weighted by Gasteiger charge is -2.10. The van der Waals surface area contributed by atoms with E-state index in [1.54, 1.807) is 0 Å². The second-order valence-electron chi connectivity index (χ2n) is 39.5. The second-order valence-corrected chi connectivity index (χ2v) is 39.5. The highest BCUT2D eigenvalue weighted by Crippen LogP contribution is 2.46. The van der Waals surface area contributed by atoms with E-state index in [0.717, 1.165) is 13.1 Å². The molecule has 0 unspecified atom stereocenters. The number of benzene rings is 24. The van der Waals surface area contributed by atoms with Gasteiger partial charge < -0.3 is 27.4 Å². The Bertz CT molecular complexity index is 10400. The SMILES string of the molecule is CCn1c2cc(C)ccc2c2ccc3ccccc3c21.CCn1c2ccc(C)cc2c2c3ccccc3ccc21.Cc1ccc2c(c1)c1c3ccccc3ccc1n2-c1ccc(-c2ccccc2)cc1.Cc1ccc2c(c1)c1c3ccccc3ccc1n2-c1ccccc1.Cc1ccc2c3c4ccccc4ccc3n(-c3ccc(-c4ccccc4)cc3)c2c1.Cc1ccc2c3c4ccccc4ccc3n(-c3ccccc3)c2c1. The normalized spacial score (nSPS) is 11.6. The van der Waals surface area contributed by atoms with E-state index in [-0.39, 0.29) is 0 Å². The third-order valence-corrected chi connectivity index (χ3v) is 30.2. The molecular weight excluding hydrogens is 1790 g/mol. The van der Waals surface area contributed by atoms with Gasteiger partial charge in [-0.15, -0.1) is 0 Å². The Labute approximate surface area is 861 Å². The fraction of sp³-hybridized carbons (Fsp3) is 0.0704. The van der Waals surface area contributed by atoms with E-state index in [0.29, 0.717) is 0 Å². The Kier molecular flexibility index (Phi) is 23.6. The summed E-state index contributed by atoms with van der Waals surface area (Å²) >= 11 is 0.